The number of carbonyl (C=O) groups excluding carboxylic acids is 1. The van der Waals surface area contributed by atoms with E-state index in [1.54, 1.807) is 28.8 Å². The van der Waals surface area contributed by atoms with Gasteiger partial charge < -0.3 is 5.32 Å². The van der Waals surface area contributed by atoms with Crippen molar-refractivity contribution >= 4 is 34.7 Å². The van der Waals surface area contributed by atoms with Gasteiger partial charge in [-0.05, 0) is 25.1 Å². The first-order valence-corrected chi connectivity index (χ1v) is 8.67. The number of nitrogens with zero attached hydrogens (tertiary/aromatic N) is 4. The van der Waals surface area contributed by atoms with Crippen molar-refractivity contribution in [3.05, 3.63) is 58.3 Å². The highest BCUT2D eigenvalue weighted by Crippen LogP contribution is 2.37. The van der Waals surface area contributed by atoms with Crippen molar-refractivity contribution < 1.29 is 22.9 Å². The zero-order valence-corrected chi connectivity index (χ0v) is 15.0. The van der Waals surface area contributed by atoms with E-state index in [2.05, 4.69) is 15.5 Å². The number of amides is 1. The molecule has 3 rings (SSSR count). The summed E-state index contributed by atoms with van der Waals surface area (Å²) >= 11 is 1.02. The van der Waals surface area contributed by atoms with Crippen LogP contribution in [0, 0.1) is 10.1 Å². The third-order valence-electron chi connectivity index (χ3n) is 3.71. The predicted octanol–water partition coefficient (Wildman–Crippen LogP) is 3.78. The van der Waals surface area contributed by atoms with Crippen LogP contribution in [-0.2, 0) is 11.0 Å². The van der Waals surface area contributed by atoms with Gasteiger partial charge in [-0.25, -0.2) is 0 Å². The van der Waals surface area contributed by atoms with E-state index in [0.717, 1.165) is 23.9 Å². The van der Waals surface area contributed by atoms with Gasteiger partial charge in [-0.15, -0.1) is 10.2 Å². The number of non-ortho nitro benzene ring substituents is 1. The van der Waals surface area contributed by atoms with E-state index in [1.165, 1.54) is 6.92 Å². The van der Waals surface area contributed by atoms with E-state index in [0.29, 0.717) is 16.9 Å². The maximum Gasteiger partial charge on any atom is 0.418 e. The summed E-state index contributed by atoms with van der Waals surface area (Å²) < 4.78 is 41.3. The van der Waals surface area contributed by atoms with Crippen LogP contribution in [0.1, 0.15) is 12.5 Å². The van der Waals surface area contributed by atoms with Gasteiger partial charge in [0.05, 0.1) is 21.4 Å². The van der Waals surface area contributed by atoms with Crippen molar-refractivity contribution in [1.29, 1.82) is 0 Å². The van der Waals surface area contributed by atoms with Crippen LogP contribution in [0.4, 0.5) is 24.5 Å². The first-order valence-electron chi connectivity index (χ1n) is 7.80. The minimum Gasteiger partial charge on any atom is -0.325 e. The number of rotatable bonds is 5. The van der Waals surface area contributed by atoms with Crippen LogP contribution >= 0.6 is 11.8 Å². The van der Waals surface area contributed by atoms with Gasteiger partial charge in [-0.2, -0.15) is 13.2 Å². The number of nitrogens with one attached hydrogen (secondary N) is 1. The molecule has 1 amide bonds. The molecule has 1 N–H and O–H groups in total. The molecule has 0 aliphatic rings. The average Bonchev–Trinajstić information content (AvgIpc) is 3.04. The number of halogens is 3. The largest absolute Gasteiger partial charge is 0.418 e. The molecule has 12 heteroatoms. The second kappa shape index (κ2) is 7.46. The molecule has 0 aliphatic heterocycles. The van der Waals surface area contributed by atoms with Crippen molar-refractivity contribution in [3.8, 4) is 0 Å². The van der Waals surface area contributed by atoms with Crippen LogP contribution in [0.25, 0.3) is 5.65 Å². The van der Waals surface area contributed by atoms with Gasteiger partial charge >= 0.3 is 6.18 Å². The van der Waals surface area contributed by atoms with Crippen LogP contribution in [0.15, 0.2) is 47.8 Å². The molecule has 0 fully saturated rings. The molecule has 2 heterocycles. The molecule has 3 aromatic rings. The Morgan fingerprint density at radius 1 is 1.29 bits per heavy atom. The predicted molar refractivity (Wildman–Crippen MR) is 95.0 cm³/mol. The van der Waals surface area contributed by atoms with E-state index in [4.69, 9.17) is 0 Å². The minimum atomic E-state index is -4.87. The highest BCUT2D eigenvalue weighted by Gasteiger charge is 2.36. The molecule has 0 aliphatic carbocycles. The summed E-state index contributed by atoms with van der Waals surface area (Å²) in [5, 5.41) is 20.4. The Kier molecular flexibility index (Phi) is 5.23. The van der Waals surface area contributed by atoms with Crippen LogP contribution in [0.2, 0.25) is 0 Å². The third-order valence-corrected chi connectivity index (χ3v) is 4.77. The van der Waals surface area contributed by atoms with Crippen LogP contribution < -0.4 is 5.32 Å². The number of nitro benzene ring substituents is 1. The summed E-state index contributed by atoms with van der Waals surface area (Å²) in [4.78, 5) is 22.2. The van der Waals surface area contributed by atoms with E-state index in [1.807, 2.05) is 0 Å². The molecule has 0 spiro atoms. The fourth-order valence-corrected chi connectivity index (χ4v) is 3.17. The standard InChI is InChI=1S/C16H12F3N5O3S/c1-9(28-15-22-21-13-4-2-3-7-23(13)15)14(25)20-12-6-5-10(24(26)27)8-11(12)16(17,18)19/h2-9H,1H3,(H,20,25)/t9-/m1/s1. The SMILES string of the molecule is C[C@@H](Sc1nnc2ccccn12)C(=O)Nc1ccc([N+](=O)[O-])cc1C(F)(F)F. The number of alkyl halides is 3. The Bertz CT molecular complexity index is 1050. The third kappa shape index (κ3) is 4.06. The Hall–Kier alpha value is -3.15. The van der Waals surface area contributed by atoms with Gasteiger partial charge in [0.1, 0.15) is 0 Å². The lowest BCUT2D eigenvalue weighted by molar-refractivity contribution is -0.385. The van der Waals surface area contributed by atoms with Crippen molar-refractivity contribution in [1.82, 2.24) is 14.6 Å². The van der Waals surface area contributed by atoms with E-state index < -0.39 is 39.2 Å². The van der Waals surface area contributed by atoms with Gasteiger partial charge in [0, 0.05) is 18.3 Å². The topological polar surface area (TPSA) is 102 Å². The van der Waals surface area contributed by atoms with Crippen molar-refractivity contribution in [2.24, 2.45) is 0 Å². The Labute approximate surface area is 159 Å². The highest BCUT2D eigenvalue weighted by molar-refractivity contribution is 8.00. The molecule has 0 radical (unpaired) electrons. The molecule has 0 saturated heterocycles. The number of anilines is 1. The van der Waals surface area contributed by atoms with E-state index >= 15 is 0 Å². The molecule has 0 saturated carbocycles. The Balaban J connectivity index is 1.81. The highest BCUT2D eigenvalue weighted by atomic mass is 32.2. The maximum atomic E-state index is 13.2. The summed E-state index contributed by atoms with van der Waals surface area (Å²) in [6.45, 7) is 1.50. The summed E-state index contributed by atoms with van der Waals surface area (Å²) in [7, 11) is 0. The zero-order valence-electron chi connectivity index (χ0n) is 14.2. The van der Waals surface area contributed by atoms with Crippen molar-refractivity contribution in [2.45, 2.75) is 23.5 Å². The lowest BCUT2D eigenvalue weighted by Gasteiger charge is -2.15. The van der Waals surface area contributed by atoms with Crippen LogP contribution in [0.5, 0.6) is 0 Å². The number of pyridine rings is 1. The second-order valence-corrected chi connectivity index (χ2v) is 6.95. The summed E-state index contributed by atoms with van der Waals surface area (Å²) in [5.41, 5.74) is -2.00. The Morgan fingerprint density at radius 2 is 2.04 bits per heavy atom. The normalized spacial score (nSPS) is 12.7. The molecule has 0 unspecified atom stereocenters. The molecule has 28 heavy (non-hydrogen) atoms. The quantitative estimate of drug-likeness (QED) is 0.389. The van der Waals surface area contributed by atoms with Crippen molar-refractivity contribution in [2.75, 3.05) is 5.32 Å². The molecule has 1 atom stereocenters. The minimum absolute atomic E-state index is 0.388. The fourth-order valence-electron chi connectivity index (χ4n) is 2.34. The number of fused-ring (bicyclic) bond motifs is 1. The van der Waals surface area contributed by atoms with Gasteiger partial charge in [0.15, 0.2) is 10.8 Å². The number of hydrogen-bond donors (Lipinski definition) is 1. The fraction of sp³-hybridized carbons (Fsp3) is 0.188. The molecule has 0 bridgehead atoms. The van der Waals surface area contributed by atoms with Gasteiger partial charge in [0.2, 0.25) is 5.91 Å². The van der Waals surface area contributed by atoms with Gasteiger partial charge in [0.25, 0.3) is 5.69 Å². The lowest BCUT2D eigenvalue weighted by atomic mass is 10.1. The number of hydrogen-bond acceptors (Lipinski definition) is 6. The maximum absolute atomic E-state index is 13.2. The monoisotopic (exact) mass is 411 g/mol. The molecule has 2 aromatic heterocycles. The Morgan fingerprint density at radius 3 is 2.71 bits per heavy atom. The number of benzene rings is 1. The van der Waals surface area contributed by atoms with Crippen LogP contribution in [-0.4, -0.2) is 30.7 Å². The summed E-state index contributed by atoms with van der Waals surface area (Å²) in [6.07, 6.45) is -3.17. The second-order valence-electron chi connectivity index (χ2n) is 5.65. The number of nitro groups is 1. The van der Waals surface area contributed by atoms with Crippen LogP contribution in [0.3, 0.4) is 0 Å². The number of aromatic nitrogens is 3. The van der Waals surface area contributed by atoms with Gasteiger partial charge in [-0.1, -0.05) is 17.8 Å². The van der Waals surface area contributed by atoms with Crippen molar-refractivity contribution in [3.63, 3.8) is 0 Å². The smallest absolute Gasteiger partial charge is 0.325 e. The summed E-state index contributed by atoms with van der Waals surface area (Å²) in [5.74, 6) is -0.711. The number of carbonyl (C=O) groups is 1. The lowest BCUT2D eigenvalue weighted by Crippen LogP contribution is -2.24. The van der Waals surface area contributed by atoms with E-state index in [9.17, 15) is 28.1 Å². The molecular weight excluding hydrogens is 399 g/mol. The molecule has 1 aromatic carbocycles. The summed E-state index contributed by atoms with van der Waals surface area (Å²) in [6, 6.07) is 7.38. The molecular formula is C16H12F3N5O3S. The van der Waals surface area contributed by atoms with Gasteiger partial charge in [-0.3, -0.25) is 19.3 Å². The number of thioether (sulfide) groups is 1. The molecule has 146 valence electrons. The van der Waals surface area contributed by atoms with E-state index in [-0.39, 0.29) is 0 Å². The first kappa shape index (κ1) is 19.6. The molecule has 8 nitrogen and oxygen atoms in total. The first-order chi connectivity index (χ1) is 13.2. The zero-order chi connectivity index (χ0) is 20.5. The average molecular weight is 411 g/mol.